The zero-order chi connectivity index (χ0) is 16.4. The summed E-state index contributed by atoms with van der Waals surface area (Å²) >= 11 is 0. The van der Waals surface area contributed by atoms with E-state index in [1.54, 1.807) is 6.07 Å². The Labute approximate surface area is 138 Å². The Morgan fingerprint density at radius 2 is 2.04 bits per heavy atom. The standard InChI is InChI=1S/C17H28N4O2/c1-4-19-7-9-20(10-8-19)14-5-6-21(12-14)17(22)15-11-16(13(2)3)23-18-15/h11,13-14H,4-10,12H2,1-3H3/t14-/m0/s1. The Morgan fingerprint density at radius 1 is 1.30 bits per heavy atom. The number of hydrogen-bond donors (Lipinski definition) is 0. The highest BCUT2D eigenvalue weighted by Gasteiger charge is 2.33. The first kappa shape index (κ1) is 16.5. The number of carbonyl (C=O) groups excluding carboxylic acids is 1. The highest BCUT2D eigenvalue weighted by atomic mass is 16.5. The lowest BCUT2D eigenvalue weighted by molar-refractivity contribution is 0.0736. The summed E-state index contributed by atoms with van der Waals surface area (Å²) in [4.78, 5) is 19.5. The minimum absolute atomic E-state index is 0.00958. The maximum absolute atomic E-state index is 12.6. The SMILES string of the molecule is CCN1CCN([C@H]2CCN(C(=O)c3cc(C(C)C)on3)C2)CC1. The smallest absolute Gasteiger partial charge is 0.276 e. The fourth-order valence-corrected chi connectivity index (χ4v) is 3.49. The average Bonchev–Trinajstić information content (AvgIpc) is 3.24. The Balaban J connectivity index is 1.55. The number of carbonyl (C=O) groups is 1. The summed E-state index contributed by atoms with van der Waals surface area (Å²) in [7, 11) is 0. The largest absolute Gasteiger partial charge is 0.360 e. The highest BCUT2D eigenvalue weighted by molar-refractivity contribution is 5.92. The van der Waals surface area contributed by atoms with Crippen molar-refractivity contribution in [2.75, 3.05) is 45.8 Å². The Kier molecular flexibility index (Phi) is 5.02. The molecule has 23 heavy (non-hydrogen) atoms. The normalized spacial score (nSPS) is 23.8. The van der Waals surface area contributed by atoms with Gasteiger partial charge in [-0.15, -0.1) is 0 Å². The van der Waals surface area contributed by atoms with Crippen molar-refractivity contribution < 1.29 is 9.32 Å². The number of likely N-dealkylation sites (tertiary alicyclic amines) is 1. The van der Waals surface area contributed by atoms with Gasteiger partial charge < -0.3 is 14.3 Å². The quantitative estimate of drug-likeness (QED) is 0.844. The molecule has 0 radical (unpaired) electrons. The van der Waals surface area contributed by atoms with Crippen LogP contribution in [0.2, 0.25) is 0 Å². The fourth-order valence-electron chi connectivity index (χ4n) is 3.49. The first-order valence-corrected chi connectivity index (χ1v) is 8.80. The van der Waals surface area contributed by atoms with E-state index >= 15 is 0 Å². The number of piperazine rings is 1. The highest BCUT2D eigenvalue weighted by Crippen LogP contribution is 2.21. The fraction of sp³-hybridized carbons (Fsp3) is 0.765. The molecule has 2 aliphatic heterocycles. The van der Waals surface area contributed by atoms with Crippen molar-refractivity contribution in [1.82, 2.24) is 19.9 Å². The molecule has 0 N–H and O–H groups in total. The first-order chi connectivity index (χ1) is 11.1. The molecule has 1 amide bonds. The molecule has 1 atom stereocenters. The van der Waals surface area contributed by atoms with Gasteiger partial charge in [-0.1, -0.05) is 25.9 Å². The predicted octanol–water partition coefficient (Wildman–Crippen LogP) is 1.65. The molecule has 0 unspecified atom stereocenters. The van der Waals surface area contributed by atoms with Crippen LogP contribution in [0.4, 0.5) is 0 Å². The third-order valence-corrected chi connectivity index (χ3v) is 5.14. The van der Waals surface area contributed by atoms with E-state index in [9.17, 15) is 4.79 Å². The van der Waals surface area contributed by atoms with E-state index in [0.717, 1.165) is 58.0 Å². The van der Waals surface area contributed by atoms with Crippen molar-refractivity contribution in [2.24, 2.45) is 0 Å². The van der Waals surface area contributed by atoms with Crippen LogP contribution in [0.5, 0.6) is 0 Å². The van der Waals surface area contributed by atoms with Crippen molar-refractivity contribution in [2.45, 2.75) is 39.2 Å². The molecule has 0 aliphatic carbocycles. The van der Waals surface area contributed by atoms with Gasteiger partial charge in [0.15, 0.2) is 5.69 Å². The monoisotopic (exact) mass is 320 g/mol. The minimum Gasteiger partial charge on any atom is -0.360 e. The lowest BCUT2D eigenvalue weighted by Gasteiger charge is -2.37. The van der Waals surface area contributed by atoms with Gasteiger partial charge in [-0.05, 0) is 13.0 Å². The molecule has 1 aromatic rings. The van der Waals surface area contributed by atoms with Crippen LogP contribution in [0.3, 0.4) is 0 Å². The van der Waals surface area contributed by atoms with Crippen LogP contribution in [-0.2, 0) is 0 Å². The summed E-state index contributed by atoms with van der Waals surface area (Å²) in [6.07, 6.45) is 1.06. The maximum Gasteiger partial charge on any atom is 0.276 e. The van der Waals surface area contributed by atoms with E-state index in [1.165, 1.54) is 0 Å². The second-order valence-electron chi connectivity index (χ2n) is 6.93. The van der Waals surface area contributed by atoms with Crippen LogP contribution in [-0.4, -0.2) is 77.6 Å². The van der Waals surface area contributed by atoms with Crippen LogP contribution in [0.15, 0.2) is 10.6 Å². The van der Waals surface area contributed by atoms with Crippen molar-refractivity contribution >= 4 is 5.91 Å². The van der Waals surface area contributed by atoms with Gasteiger partial charge in [0.25, 0.3) is 5.91 Å². The number of rotatable bonds is 4. The van der Waals surface area contributed by atoms with Gasteiger partial charge in [-0.2, -0.15) is 0 Å². The van der Waals surface area contributed by atoms with Crippen molar-refractivity contribution in [1.29, 1.82) is 0 Å². The first-order valence-electron chi connectivity index (χ1n) is 8.80. The van der Waals surface area contributed by atoms with E-state index < -0.39 is 0 Å². The molecular weight excluding hydrogens is 292 g/mol. The Hall–Kier alpha value is -1.40. The van der Waals surface area contributed by atoms with E-state index in [4.69, 9.17) is 4.52 Å². The average molecular weight is 320 g/mol. The molecule has 6 nitrogen and oxygen atoms in total. The maximum atomic E-state index is 12.6. The molecule has 2 aliphatic rings. The van der Waals surface area contributed by atoms with Crippen LogP contribution in [0.1, 0.15) is 49.4 Å². The molecule has 1 aromatic heterocycles. The minimum atomic E-state index is 0.00958. The van der Waals surface area contributed by atoms with Gasteiger partial charge in [0.05, 0.1) is 0 Å². The number of amides is 1. The van der Waals surface area contributed by atoms with Crippen molar-refractivity contribution in [3.05, 3.63) is 17.5 Å². The Bertz CT molecular complexity index is 534. The molecule has 3 rings (SSSR count). The molecule has 0 spiro atoms. The second kappa shape index (κ2) is 7.01. The molecular formula is C17H28N4O2. The summed E-state index contributed by atoms with van der Waals surface area (Å²) in [5, 5.41) is 3.95. The number of hydrogen-bond acceptors (Lipinski definition) is 5. The topological polar surface area (TPSA) is 52.8 Å². The molecule has 2 saturated heterocycles. The van der Waals surface area contributed by atoms with E-state index in [0.29, 0.717) is 11.7 Å². The lowest BCUT2D eigenvalue weighted by Crippen LogP contribution is -2.51. The van der Waals surface area contributed by atoms with Gasteiger partial charge in [0, 0.05) is 57.3 Å². The number of nitrogens with zero attached hydrogens (tertiary/aromatic N) is 4. The molecule has 2 fully saturated rings. The zero-order valence-electron chi connectivity index (χ0n) is 14.5. The predicted molar refractivity (Wildman–Crippen MR) is 88.6 cm³/mol. The number of aromatic nitrogens is 1. The molecule has 3 heterocycles. The molecule has 0 bridgehead atoms. The molecule has 0 saturated carbocycles. The molecule has 128 valence electrons. The zero-order valence-corrected chi connectivity index (χ0v) is 14.5. The van der Waals surface area contributed by atoms with E-state index in [1.807, 2.05) is 18.7 Å². The summed E-state index contributed by atoms with van der Waals surface area (Å²) in [5.74, 6) is 1.04. The van der Waals surface area contributed by atoms with Gasteiger partial charge in [-0.3, -0.25) is 9.69 Å². The lowest BCUT2D eigenvalue weighted by atomic mass is 10.1. The summed E-state index contributed by atoms with van der Waals surface area (Å²) < 4.78 is 5.26. The second-order valence-corrected chi connectivity index (χ2v) is 6.93. The van der Waals surface area contributed by atoms with Gasteiger partial charge >= 0.3 is 0 Å². The Morgan fingerprint density at radius 3 is 2.65 bits per heavy atom. The van der Waals surface area contributed by atoms with Crippen LogP contribution >= 0.6 is 0 Å². The summed E-state index contributed by atoms with van der Waals surface area (Å²) in [6.45, 7) is 13.6. The van der Waals surface area contributed by atoms with Gasteiger partial charge in [0.1, 0.15) is 5.76 Å². The van der Waals surface area contributed by atoms with E-state index in [-0.39, 0.29) is 11.8 Å². The van der Waals surface area contributed by atoms with Crippen molar-refractivity contribution in [3.63, 3.8) is 0 Å². The van der Waals surface area contributed by atoms with Crippen LogP contribution in [0, 0.1) is 0 Å². The van der Waals surface area contributed by atoms with Gasteiger partial charge in [-0.25, -0.2) is 0 Å². The summed E-state index contributed by atoms with van der Waals surface area (Å²) in [5.41, 5.74) is 0.449. The molecule has 6 heteroatoms. The molecule has 0 aromatic carbocycles. The third kappa shape index (κ3) is 3.58. The van der Waals surface area contributed by atoms with Gasteiger partial charge in [0.2, 0.25) is 0 Å². The van der Waals surface area contributed by atoms with Crippen LogP contribution in [0.25, 0.3) is 0 Å². The number of likely N-dealkylation sites (N-methyl/N-ethyl adjacent to an activating group) is 1. The van der Waals surface area contributed by atoms with Crippen LogP contribution < -0.4 is 0 Å². The summed E-state index contributed by atoms with van der Waals surface area (Å²) in [6, 6.07) is 2.29. The van der Waals surface area contributed by atoms with E-state index in [2.05, 4.69) is 21.9 Å². The third-order valence-electron chi connectivity index (χ3n) is 5.14. The van der Waals surface area contributed by atoms with Crippen molar-refractivity contribution in [3.8, 4) is 0 Å².